The fourth-order valence-corrected chi connectivity index (χ4v) is 1.99. The van der Waals surface area contributed by atoms with Crippen LogP contribution in [0.4, 0.5) is 4.79 Å². The number of piperazine rings is 1. The van der Waals surface area contributed by atoms with Crippen molar-refractivity contribution in [3.8, 4) is 0 Å². The largest absolute Gasteiger partial charge is 0.481 e. The maximum atomic E-state index is 11.8. The van der Waals surface area contributed by atoms with Gasteiger partial charge in [-0.2, -0.15) is 11.8 Å². The first kappa shape index (κ1) is 14.6. The highest BCUT2D eigenvalue weighted by Crippen LogP contribution is 2.09. The normalized spacial score (nSPS) is 19.3. The molecule has 8 heteroatoms. The number of rotatable bonds is 5. The summed E-state index contributed by atoms with van der Waals surface area (Å²) in [5, 5.41) is 14.0. The summed E-state index contributed by atoms with van der Waals surface area (Å²) in [6.45, 7) is 1.18. The van der Waals surface area contributed by atoms with Crippen molar-refractivity contribution in [3.05, 3.63) is 0 Å². The Balaban J connectivity index is 2.60. The van der Waals surface area contributed by atoms with Crippen molar-refractivity contribution in [2.45, 2.75) is 12.5 Å². The van der Waals surface area contributed by atoms with E-state index in [-0.39, 0.29) is 12.5 Å². The molecule has 1 rings (SSSR count). The topological polar surface area (TPSA) is 98.7 Å². The Hall–Kier alpha value is -1.44. The molecule has 3 amide bonds. The van der Waals surface area contributed by atoms with E-state index in [4.69, 9.17) is 5.11 Å². The first-order valence-corrected chi connectivity index (χ1v) is 6.98. The highest BCUT2D eigenvalue weighted by atomic mass is 32.2. The maximum absolute atomic E-state index is 11.8. The summed E-state index contributed by atoms with van der Waals surface area (Å²) in [7, 11) is 0. The number of urea groups is 1. The molecule has 1 aliphatic rings. The standard InChI is InChI=1S/C10H17N3O4S/c1-18-5-3-12-10(17)13-4-2-11-9(16)7(13)6-8(14)15/h7H,2-6H2,1H3,(H,11,16)(H,12,17)(H,14,15). The zero-order valence-electron chi connectivity index (χ0n) is 10.1. The summed E-state index contributed by atoms with van der Waals surface area (Å²) in [5.41, 5.74) is 0. The van der Waals surface area contributed by atoms with E-state index in [0.29, 0.717) is 19.6 Å². The smallest absolute Gasteiger partial charge is 0.318 e. The number of carboxylic acids is 1. The van der Waals surface area contributed by atoms with Gasteiger partial charge in [-0.15, -0.1) is 0 Å². The Morgan fingerprint density at radius 3 is 2.94 bits per heavy atom. The summed E-state index contributed by atoms with van der Waals surface area (Å²) in [6.07, 6.45) is 1.55. The minimum absolute atomic E-state index is 0.328. The minimum atomic E-state index is -1.10. The quantitative estimate of drug-likeness (QED) is 0.578. The molecular formula is C10H17N3O4S. The molecule has 1 aliphatic heterocycles. The van der Waals surface area contributed by atoms with Crippen LogP contribution in [0.25, 0.3) is 0 Å². The number of hydrogen-bond acceptors (Lipinski definition) is 4. The van der Waals surface area contributed by atoms with Gasteiger partial charge in [0.1, 0.15) is 6.04 Å². The van der Waals surface area contributed by atoms with E-state index in [2.05, 4.69) is 10.6 Å². The Kier molecular flexibility index (Phi) is 5.76. The number of hydrogen-bond donors (Lipinski definition) is 3. The minimum Gasteiger partial charge on any atom is -0.481 e. The molecule has 1 atom stereocenters. The van der Waals surface area contributed by atoms with Crippen molar-refractivity contribution < 1.29 is 19.5 Å². The van der Waals surface area contributed by atoms with Crippen LogP contribution in [0, 0.1) is 0 Å². The second-order valence-electron chi connectivity index (χ2n) is 3.82. The van der Waals surface area contributed by atoms with Gasteiger partial charge in [-0.25, -0.2) is 4.79 Å². The van der Waals surface area contributed by atoms with Gasteiger partial charge in [0.2, 0.25) is 5.91 Å². The van der Waals surface area contributed by atoms with Crippen LogP contribution in [0.5, 0.6) is 0 Å². The van der Waals surface area contributed by atoms with Gasteiger partial charge in [-0.3, -0.25) is 9.59 Å². The predicted molar refractivity (Wildman–Crippen MR) is 67.5 cm³/mol. The predicted octanol–water partition coefficient (Wildman–Crippen LogP) is -0.666. The number of aliphatic carboxylic acids is 1. The molecule has 0 radical (unpaired) electrons. The monoisotopic (exact) mass is 275 g/mol. The van der Waals surface area contributed by atoms with Crippen molar-refractivity contribution in [3.63, 3.8) is 0 Å². The number of carbonyl (C=O) groups excluding carboxylic acids is 2. The van der Waals surface area contributed by atoms with Crippen LogP contribution in [0.3, 0.4) is 0 Å². The number of amides is 3. The Morgan fingerprint density at radius 1 is 1.61 bits per heavy atom. The molecule has 0 saturated carbocycles. The van der Waals surface area contributed by atoms with E-state index < -0.39 is 17.9 Å². The van der Waals surface area contributed by atoms with Crippen molar-refractivity contribution in [1.29, 1.82) is 0 Å². The van der Waals surface area contributed by atoms with Crippen molar-refractivity contribution >= 4 is 29.7 Å². The molecule has 0 aliphatic carbocycles. The third-order valence-electron chi connectivity index (χ3n) is 2.54. The van der Waals surface area contributed by atoms with E-state index in [9.17, 15) is 14.4 Å². The first-order chi connectivity index (χ1) is 8.56. The first-order valence-electron chi connectivity index (χ1n) is 5.59. The lowest BCUT2D eigenvalue weighted by atomic mass is 10.1. The lowest BCUT2D eigenvalue weighted by Crippen LogP contribution is -2.60. The van der Waals surface area contributed by atoms with Gasteiger partial charge in [0.25, 0.3) is 0 Å². The highest BCUT2D eigenvalue weighted by Gasteiger charge is 2.34. The van der Waals surface area contributed by atoms with Crippen LogP contribution in [-0.2, 0) is 9.59 Å². The number of carbonyl (C=O) groups is 3. The lowest BCUT2D eigenvalue weighted by Gasteiger charge is -2.34. The average Bonchev–Trinajstić information content (AvgIpc) is 2.31. The molecular weight excluding hydrogens is 258 g/mol. The van der Waals surface area contributed by atoms with E-state index in [0.717, 1.165) is 5.75 Å². The highest BCUT2D eigenvalue weighted by molar-refractivity contribution is 7.98. The van der Waals surface area contributed by atoms with Crippen molar-refractivity contribution in [2.24, 2.45) is 0 Å². The van der Waals surface area contributed by atoms with Crippen LogP contribution in [0.1, 0.15) is 6.42 Å². The summed E-state index contributed by atoms with van der Waals surface area (Å²) in [4.78, 5) is 35.4. The molecule has 1 fully saturated rings. The van der Waals surface area contributed by atoms with Crippen molar-refractivity contribution in [2.75, 3.05) is 31.6 Å². The lowest BCUT2D eigenvalue weighted by molar-refractivity contribution is -0.142. The van der Waals surface area contributed by atoms with Crippen LogP contribution in [0.15, 0.2) is 0 Å². The van der Waals surface area contributed by atoms with Crippen LogP contribution >= 0.6 is 11.8 Å². The Morgan fingerprint density at radius 2 is 2.33 bits per heavy atom. The molecule has 0 spiro atoms. The third kappa shape index (κ3) is 4.10. The Labute approximate surface area is 109 Å². The molecule has 18 heavy (non-hydrogen) atoms. The Bertz CT molecular complexity index is 337. The molecule has 1 heterocycles. The fraction of sp³-hybridized carbons (Fsp3) is 0.700. The van der Waals surface area contributed by atoms with Gasteiger partial charge in [0, 0.05) is 25.4 Å². The van der Waals surface area contributed by atoms with Gasteiger partial charge in [-0.05, 0) is 6.26 Å². The summed E-state index contributed by atoms with van der Waals surface area (Å²) >= 11 is 1.60. The molecule has 0 aromatic rings. The molecule has 102 valence electrons. The molecule has 0 bridgehead atoms. The summed E-state index contributed by atoms with van der Waals surface area (Å²) < 4.78 is 0. The van der Waals surface area contributed by atoms with Gasteiger partial charge in [0.15, 0.2) is 0 Å². The molecule has 3 N–H and O–H groups in total. The molecule has 0 aromatic heterocycles. The number of nitrogens with zero attached hydrogens (tertiary/aromatic N) is 1. The van der Waals surface area contributed by atoms with E-state index in [1.54, 1.807) is 11.8 Å². The number of carboxylic acid groups (broad SMARTS) is 1. The van der Waals surface area contributed by atoms with Crippen LogP contribution < -0.4 is 10.6 Å². The molecule has 7 nitrogen and oxygen atoms in total. The molecule has 1 saturated heterocycles. The zero-order valence-corrected chi connectivity index (χ0v) is 11.0. The van der Waals surface area contributed by atoms with Gasteiger partial charge in [0.05, 0.1) is 6.42 Å². The summed E-state index contributed by atoms with van der Waals surface area (Å²) in [5.74, 6) is -0.738. The van der Waals surface area contributed by atoms with Crippen molar-refractivity contribution in [1.82, 2.24) is 15.5 Å². The van der Waals surface area contributed by atoms with Gasteiger partial charge < -0.3 is 20.6 Å². The van der Waals surface area contributed by atoms with Gasteiger partial charge >= 0.3 is 12.0 Å². The van der Waals surface area contributed by atoms with Gasteiger partial charge in [-0.1, -0.05) is 0 Å². The fourth-order valence-electron chi connectivity index (χ4n) is 1.69. The van der Waals surface area contributed by atoms with E-state index >= 15 is 0 Å². The van der Waals surface area contributed by atoms with E-state index in [1.165, 1.54) is 4.90 Å². The van der Waals surface area contributed by atoms with Crippen LogP contribution in [-0.4, -0.2) is 65.6 Å². The third-order valence-corrected chi connectivity index (χ3v) is 3.15. The summed E-state index contributed by atoms with van der Waals surface area (Å²) in [6, 6.07) is -1.31. The molecule has 1 unspecified atom stereocenters. The van der Waals surface area contributed by atoms with Crippen LogP contribution in [0.2, 0.25) is 0 Å². The molecule has 0 aromatic carbocycles. The second-order valence-corrected chi connectivity index (χ2v) is 4.81. The average molecular weight is 275 g/mol. The zero-order chi connectivity index (χ0) is 13.5. The number of thioether (sulfide) groups is 1. The maximum Gasteiger partial charge on any atom is 0.318 e. The number of nitrogens with one attached hydrogen (secondary N) is 2. The second kappa shape index (κ2) is 7.10. The SMILES string of the molecule is CSCCNC(=O)N1CCNC(=O)C1CC(=O)O. The van der Waals surface area contributed by atoms with E-state index in [1.807, 2.05) is 6.26 Å².